The van der Waals surface area contributed by atoms with Gasteiger partial charge in [0.05, 0.1) is 11.4 Å². The summed E-state index contributed by atoms with van der Waals surface area (Å²) in [6.07, 6.45) is 3.65. The van der Waals surface area contributed by atoms with Gasteiger partial charge in [-0.05, 0) is 54.2 Å². The van der Waals surface area contributed by atoms with E-state index >= 15 is 0 Å². The van der Waals surface area contributed by atoms with Gasteiger partial charge in [-0.15, -0.1) is 0 Å². The van der Waals surface area contributed by atoms with Gasteiger partial charge in [-0.1, -0.05) is 54.1 Å². The van der Waals surface area contributed by atoms with E-state index in [1.807, 2.05) is 60.8 Å². The molecule has 9 heteroatoms. The molecule has 0 spiro atoms. The highest BCUT2D eigenvalue weighted by atomic mass is 35.5. The van der Waals surface area contributed by atoms with Gasteiger partial charge in [0.1, 0.15) is 18.9 Å². The second-order valence-electron chi connectivity index (χ2n) is 8.28. The minimum Gasteiger partial charge on any atom is -0.492 e. The van der Waals surface area contributed by atoms with Crippen LogP contribution in [-0.4, -0.2) is 39.7 Å². The summed E-state index contributed by atoms with van der Waals surface area (Å²) in [5, 5.41) is 3.59. The Bertz CT molecular complexity index is 1520. The fourth-order valence-electron chi connectivity index (χ4n) is 4.04. The van der Waals surface area contributed by atoms with Crippen LogP contribution in [0.5, 0.6) is 5.75 Å². The van der Waals surface area contributed by atoms with Gasteiger partial charge in [0, 0.05) is 33.4 Å². The molecule has 4 aromatic rings. The fraction of sp³-hybridized carbons (Fsp3) is 0.107. The second-order valence-corrected chi connectivity index (χ2v) is 9.71. The maximum atomic E-state index is 13.0. The Labute approximate surface area is 222 Å². The number of aromatic nitrogens is 1. The highest BCUT2D eigenvalue weighted by molar-refractivity contribution is 8.18. The number of nitrogens with zero attached hydrogens (tertiary/aromatic N) is 2. The van der Waals surface area contributed by atoms with Crippen molar-refractivity contribution in [1.29, 1.82) is 0 Å². The first-order valence-electron chi connectivity index (χ1n) is 11.5. The van der Waals surface area contributed by atoms with Crippen LogP contribution in [0.15, 0.2) is 90.0 Å². The van der Waals surface area contributed by atoms with Crippen molar-refractivity contribution in [1.82, 2.24) is 9.47 Å². The Kier molecular flexibility index (Phi) is 7.30. The van der Waals surface area contributed by atoms with Crippen molar-refractivity contribution < 1.29 is 19.1 Å². The first-order valence-corrected chi connectivity index (χ1v) is 12.7. The van der Waals surface area contributed by atoms with E-state index in [2.05, 4.69) is 9.88 Å². The Morgan fingerprint density at radius 1 is 1.00 bits per heavy atom. The fourth-order valence-corrected chi connectivity index (χ4v) is 5.06. The molecule has 0 bridgehead atoms. The van der Waals surface area contributed by atoms with Crippen molar-refractivity contribution >= 4 is 63.1 Å². The van der Waals surface area contributed by atoms with Crippen LogP contribution in [0.4, 0.5) is 10.5 Å². The number of carbonyl (C=O) groups excluding carboxylic acids is 3. The number of anilines is 1. The molecule has 5 rings (SSSR count). The largest absolute Gasteiger partial charge is 0.492 e. The molecule has 186 valence electrons. The van der Waals surface area contributed by atoms with Crippen molar-refractivity contribution in [3.8, 4) is 5.75 Å². The lowest BCUT2D eigenvalue weighted by Gasteiger charge is -2.12. The normalized spacial score (nSPS) is 14.5. The number of halogens is 1. The molecule has 1 N–H and O–H groups in total. The molecule has 1 aliphatic rings. The molecular weight excluding hydrogens is 510 g/mol. The molecule has 1 fully saturated rings. The predicted molar refractivity (Wildman–Crippen MR) is 147 cm³/mol. The topological polar surface area (TPSA) is 80.6 Å². The Morgan fingerprint density at radius 2 is 1.78 bits per heavy atom. The number of rotatable bonds is 8. The van der Waals surface area contributed by atoms with E-state index in [1.165, 1.54) is 0 Å². The summed E-state index contributed by atoms with van der Waals surface area (Å²) in [5.41, 5.74) is 2.29. The molecule has 37 heavy (non-hydrogen) atoms. The molecule has 0 atom stereocenters. The second kappa shape index (κ2) is 10.9. The summed E-state index contributed by atoms with van der Waals surface area (Å²) in [4.78, 5) is 39.3. The monoisotopic (exact) mass is 531 g/mol. The van der Waals surface area contributed by atoms with Crippen LogP contribution < -0.4 is 10.1 Å². The number of fused-ring (bicyclic) bond motifs is 1. The van der Waals surface area contributed by atoms with E-state index in [9.17, 15) is 14.4 Å². The van der Waals surface area contributed by atoms with Crippen LogP contribution in [0, 0.1) is 0 Å². The third-order valence-electron chi connectivity index (χ3n) is 5.73. The first-order chi connectivity index (χ1) is 18.0. The number of para-hydroxylation sites is 2. The molecular formula is C28H22ClN3O4S. The Hall–Kier alpha value is -4.01. The highest BCUT2D eigenvalue weighted by Crippen LogP contribution is 2.34. The van der Waals surface area contributed by atoms with Crippen molar-refractivity contribution in [2.24, 2.45) is 0 Å². The van der Waals surface area contributed by atoms with Crippen LogP contribution in [0.3, 0.4) is 0 Å². The maximum absolute atomic E-state index is 13.0. The molecule has 3 aromatic carbocycles. The molecule has 0 radical (unpaired) electrons. The molecule has 2 heterocycles. The average Bonchev–Trinajstić information content (AvgIpc) is 3.37. The van der Waals surface area contributed by atoms with Crippen molar-refractivity contribution in [3.05, 3.63) is 101 Å². The van der Waals surface area contributed by atoms with Crippen LogP contribution in [0.25, 0.3) is 17.0 Å². The van der Waals surface area contributed by atoms with E-state index in [1.54, 1.807) is 30.3 Å². The third kappa shape index (κ3) is 5.71. The number of nitrogens with one attached hydrogen (secondary N) is 1. The lowest BCUT2D eigenvalue weighted by molar-refractivity contribution is -0.127. The lowest BCUT2D eigenvalue weighted by atomic mass is 10.1. The van der Waals surface area contributed by atoms with E-state index in [4.69, 9.17) is 16.3 Å². The Balaban J connectivity index is 1.30. The van der Waals surface area contributed by atoms with Gasteiger partial charge in [-0.3, -0.25) is 19.3 Å². The molecule has 1 aliphatic heterocycles. The number of hydrogen-bond acceptors (Lipinski definition) is 5. The number of hydrogen-bond donors (Lipinski definition) is 1. The van der Waals surface area contributed by atoms with Gasteiger partial charge in [0.2, 0.25) is 5.91 Å². The molecule has 1 saturated heterocycles. The van der Waals surface area contributed by atoms with Gasteiger partial charge in [-0.25, -0.2) is 0 Å². The van der Waals surface area contributed by atoms with Crippen molar-refractivity contribution in [2.45, 2.75) is 6.54 Å². The number of carbonyl (C=O) groups is 3. The Morgan fingerprint density at radius 3 is 2.59 bits per heavy atom. The minimum absolute atomic E-state index is 0.268. The average molecular weight is 532 g/mol. The number of benzene rings is 3. The number of ether oxygens (including phenoxy) is 1. The number of amides is 3. The van der Waals surface area contributed by atoms with Crippen LogP contribution in [0.1, 0.15) is 5.56 Å². The molecule has 1 aromatic heterocycles. The molecule has 0 aliphatic carbocycles. The van der Waals surface area contributed by atoms with E-state index in [0.29, 0.717) is 23.9 Å². The van der Waals surface area contributed by atoms with Crippen molar-refractivity contribution in [2.75, 3.05) is 18.5 Å². The zero-order chi connectivity index (χ0) is 25.8. The van der Waals surface area contributed by atoms with Gasteiger partial charge < -0.3 is 14.6 Å². The SMILES string of the molecule is O=C(CN1C(=O)S/C(=C\c2cn(CCOc3ccccc3)c3ccccc23)C1=O)Nc1cccc(Cl)c1. The van der Waals surface area contributed by atoms with E-state index < -0.39 is 17.1 Å². The molecule has 3 amide bonds. The predicted octanol–water partition coefficient (Wildman–Crippen LogP) is 6.05. The smallest absolute Gasteiger partial charge is 0.294 e. The van der Waals surface area contributed by atoms with Crippen molar-refractivity contribution in [3.63, 3.8) is 0 Å². The summed E-state index contributed by atoms with van der Waals surface area (Å²) in [5.74, 6) is -0.187. The number of thioether (sulfide) groups is 1. The third-order valence-corrected chi connectivity index (χ3v) is 6.88. The van der Waals surface area contributed by atoms with Gasteiger partial charge >= 0.3 is 0 Å². The van der Waals surface area contributed by atoms with Gasteiger partial charge in [-0.2, -0.15) is 0 Å². The van der Waals surface area contributed by atoms with E-state index in [0.717, 1.165) is 38.9 Å². The van der Waals surface area contributed by atoms with Crippen LogP contribution in [-0.2, 0) is 16.1 Å². The number of imide groups is 1. The van der Waals surface area contributed by atoms with E-state index in [-0.39, 0.29) is 11.4 Å². The standard InChI is InChI=1S/C28H22ClN3O4S/c29-20-7-6-8-21(16-20)30-26(33)18-32-27(34)25(37-28(32)35)15-19-17-31(24-12-5-4-11-23(19)24)13-14-36-22-9-2-1-3-10-22/h1-12,15-17H,13-14,18H2,(H,30,33)/b25-15-. The van der Waals surface area contributed by atoms with Gasteiger partial charge in [0.15, 0.2) is 0 Å². The summed E-state index contributed by atoms with van der Waals surface area (Å²) >= 11 is 6.77. The maximum Gasteiger partial charge on any atom is 0.294 e. The summed E-state index contributed by atoms with van der Waals surface area (Å²) < 4.78 is 7.90. The highest BCUT2D eigenvalue weighted by Gasteiger charge is 2.36. The zero-order valence-electron chi connectivity index (χ0n) is 19.6. The van der Waals surface area contributed by atoms with Crippen LogP contribution >= 0.6 is 23.4 Å². The molecule has 0 unspecified atom stereocenters. The quantitative estimate of drug-likeness (QED) is 0.280. The minimum atomic E-state index is -0.500. The zero-order valence-corrected chi connectivity index (χ0v) is 21.2. The molecule has 0 saturated carbocycles. The lowest BCUT2D eigenvalue weighted by Crippen LogP contribution is -2.36. The molecule has 7 nitrogen and oxygen atoms in total. The summed E-state index contributed by atoms with van der Waals surface area (Å²) in [7, 11) is 0. The summed E-state index contributed by atoms with van der Waals surface area (Å²) in [6.45, 7) is 0.696. The van der Waals surface area contributed by atoms with Crippen LogP contribution in [0.2, 0.25) is 5.02 Å². The summed E-state index contributed by atoms with van der Waals surface area (Å²) in [6, 6.07) is 24.1. The van der Waals surface area contributed by atoms with Gasteiger partial charge in [0.25, 0.3) is 11.1 Å². The first kappa shape index (κ1) is 24.7.